The molecule has 102 valence electrons. The Balaban J connectivity index is 1.66. The second kappa shape index (κ2) is 6.14. The van der Waals surface area contributed by atoms with Gasteiger partial charge in [-0.15, -0.1) is 11.3 Å². The van der Waals surface area contributed by atoms with Gasteiger partial charge in [0.2, 0.25) is 10.0 Å². The lowest BCUT2D eigenvalue weighted by molar-refractivity contribution is 0.574. The minimum Gasteiger partial charge on any atom is -0.314 e. The molecule has 0 radical (unpaired) electrons. The van der Waals surface area contributed by atoms with Crippen LogP contribution in [0.1, 0.15) is 29.0 Å². The average molecular weight is 288 g/mol. The van der Waals surface area contributed by atoms with E-state index in [9.17, 15) is 8.42 Å². The van der Waals surface area contributed by atoms with E-state index in [0.717, 1.165) is 11.4 Å². The molecule has 1 heterocycles. The lowest BCUT2D eigenvalue weighted by Crippen LogP contribution is -2.28. The van der Waals surface area contributed by atoms with Gasteiger partial charge in [0.25, 0.3) is 0 Å². The fourth-order valence-electron chi connectivity index (χ4n) is 1.69. The third kappa shape index (κ3) is 5.06. The summed E-state index contributed by atoms with van der Waals surface area (Å²) in [7, 11) is -3.13. The summed E-state index contributed by atoms with van der Waals surface area (Å²) in [6.07, 6.45) is 3.15. The number of sulfonamides is 1. The van der Waals surface area contributed by atoms with Crippen LogP contribution >= 0.6 is 11.3 Å². The van der Waals surface area contributed by atoms with E-state index in [1.54, 1.807) is 11.3 Å². The van der Waals surface area contributed by atoms with Crippen LogP contribution in [-0.2, 0) is 16.6 Å². The number of rotatable bonds is 8. The smallest absolute Gasteiger partial charge is 0.211 e. The van der Waals surface area contributed by atoms with Crippen LogP contribution < -0.4 is 10.0 Å². The van der Waals surface area contributed by atoms with Gasteiger partial charge in [0.1, 0.15) is 0 Å². The quantitative estimate of drug-likeness (QED) is 0.715. The molecular formula is C12H20N2O2S2. The molecule has 1 fully saturated rings. The van der Waals surface area contributed by atoms with E-state index in [2.05, 4.69) is 10.0 Å². The molecule has 0 aliphatic heterocycles. The minimum absolute atomic E-state index is 0.205. The van der Waals surface area contributed by atoms with Gasteiger partial charge < -0.3 is 5.32 Å². The van der Waals surface area contributed by atoms with E-state index in [1.807, 2.05) is 19.1 Å². The summed E-state index contributed by atoms with van der Waals surface area (Å²) in [4.78, 5) is 2.27. The summed E-state index contributed by atoms with van der Waals surface area (Å²) >= 11 is 1.63. The SMILES string of the molecule is Cc1ccc(CNS(=O)(=O)CCCNC2CC2)s1. The van der Waals surface area contributed by atoms with Gasteiger partial charge in [0.15, 0.2) is 0 Å². The molecule has 2 rings (SSSR count). The lowest BCUT2D eigenvalue weighted by Gasteiger charge is -2.06. The van der Waals surface area contributed by atoms with Gasteiger partial charge in [0.05, 0.1) is 5.75 Å². The predicted molar refractivity (Wildman–Crippen MR) is 75.3 cm³/mol. The molecule has 4 nitrogen and oxygen atoms in total. The molecule has 0 unspecified atom stereocenters. The molecule has 6 heteroatoms. The van der Waals surface area contributed by atoms with E-state index >= 15 is 0 Å². The van der Waals surface area contributed by atoms with Crippen molar-refractivity contribution in [1.29, 1.82) is 0 Å². The summed E-state index contributed by atoms with van der Waals surface area (Å²) in [5.74, 6) is 0.205. The van der Waals surface area contributed by atoms with Gasteiger partial charge in [-0.2, -0.15) is 0 Å². The van der Waals surface area contributed by atoms with Gasteiger partial charge >= 0.3 is 0 Å². The number of nitrogens with one attached hydrogen (secondary N) is 2. The number of hydrogen-bond acceptors (Lipinski definition) is 4. The first kappa shape index (κ1) is 14.0. The molecule has 1 aliphatic rings. The normalized spacial score (nSPS) is 16.1. The molecule has 1 aromatic rings. The Morgan fingerprint density at radius 1 is 1.39 bits per heavy atom. The van der Waals surface area contributed by atoms with Crippen molar-refractivity contribution in [1.82, 2.24) is 10.0 Å². The van der Waals surface area contributed by atoms with Gasteiger partial charge in [-0.05, 0) is 44.9 Å². The van der Waals surface area contributed by atoms with Crippen LogP contribution in [0, 0.1) is 6.92 Å². The molecule has 0 atom stereocenters. The van der Waals surface area contributed by atoms with Crippen LogP contribution in [0.3, 0.4) is 0 Å². The van der Waals surface area contributed by atoms with Crippen molar-refractivity contribution in [3.8, 4) is 0 Å². The van der Waals surface area contributed by atoms with E-state index < -0.39 is 10.0 Å². The third-order valence-electron chi connectivity index (χ3n) is 2.86. The predicted octanol–water partition coefficient (Wildman–Crippen LogP) is 1.62. The van der Waals surface area contributed by atoms with Gasteiger partial charge in [-0.25, -0.2) is 13.1 Å². The first-order chi connectivity index (χ1) is 8.55. The Kier molecular flexibility index (Phi) is 4.77. The van der Waals surface area contributed by atoms with Gasteiger partial charge in [0, 0.05) is 22.3 Å². The Morgan fingerprint density at radius 2 is 2.17 bits per heavy atom. The Labute approximate surface area is 113 Å². The first-order valence-corrected chi connectivity index (χ1v) is 8.78. The summed E-state index contributed by atoms with van der Waals surface area (Å²) in [5.41, 5.74) is 0. The highest BCUT2D eigenvalue weighted by atomic mass is 32.2. The monoisotopic (exact) mass is 288 g/mol. The standard InChI is InChI=1S/C12H20N2O2S2/c1-10-3-6-12(17-10)9-14-18(15,16)8-2-7-13-11-4-5-11/h3,6,11,13-14H,2,4-5,7-9H2,1H3. The second-order valence-electron chi connectivity index (χ2n) is 4.73. The van der Waals surface area contributed by atoms with Gasteiger partial charge in [-0.1, -0.05) is 0 Å². The van der Waals surface area contributed by atoms with Crippen molar-refractivity contribution in [2.24, 2.45) is 0 Å². The summed E-state index contributed by atoms with van der Waals surface area (Å²) in [6.45, 7) is 3.23. The second-order valence-corrected chi connectivity index (χ2v) is 8.03. The van der Waals surface area contributed by atoms with Crippen LogP contribution in [0.5, 0.6) is 0 Å². The Hall–Kier alpha value is -0.430. The van der Waals surface area contributed by atoms with E-state index in [0.29, 0.717) is 19.0 Å². The zero-order valence-corrected chi connectivity index (χ0v) is 12.2. The largest absolute Gasteiger partial charge is 0.314 e. The first-order valence-electron chi connectivity index (χ1n) is 6.31. The summed E-state index contributed by atoms with van der Waals surface area (Å²) in [5, 5.41) is 3.32. The third-order valence-corrected chi connectivity index (χ3v) is 5.27. The zero-order valence-electron chi connectivity index (χ0n) is 10.6. The van der Waals surface area contributed by atoms with Crippen molar-refractivity contribution in [3.05, 3.63) is 21.9 Å². The molecule has 0 spiro atoms. The highest BCUT2D eigenvalue weighted by molar-refractivity contribution is 7.89. The average Bonchev–Trinajstić information content (AvgIpc) is 3.04. The summed E-state index contributed by atoms with van der Waals surface area (Å²) in [6, 6.07) is 4.63. The molecule has 1 aromatic heterocycles. The van der Waals surface area contributed by atoms with Gasteiger partial charge in [-0.3, -0.25) is 0 Å². The summed E-state index contributed by atoms with van der Waals surface area (Å²) < 4.78 is 26.1. The molecule has 1 aliphatic carbocycles. The zero-order chi connectivity index (χ0) is 13.0. The van der Waals surface area contributed by atoms with Crippen LogP contribution in [0.15, 0.2) is 12.1 Å². The van der Waals surface area contributed by atoms with E-state index in [1.165, 1.54) is 17.7 Å². The molecular weight excluding hydrogens is 268 g/mol. The molecule has 0 bridgehead atoms. The topological polar surface area (TPSA) is 58.2 Å². The van der Waals surface area contributed by atoms with E-state index in [-0.39, 0.29) is 5.75 Å². The fourth-order valence-corrected chi connectivity index (χ4v) is 3.65. The molecule has 0 saturated heterocycles. The van der Waals surface area contributed by atoms with Crippen molar-refractivity contribution < 1.29 is 8.42 Å². The number of thiophene rings is 1. The van der Waals surface area contributed by atoms with Crippen LogP contribution in [-0.4, -0.2) is 26.8 Å². The van der Waals surface area contributed by atoms with Crippen LogP contribution in [0.25, 0.3) is 0 Å². The molecule has 2 N–H and O–H groups in total. The molecule has 1 saturated carbocycles. The highest BCUT2D eigenvalue weighted by Gasteiger charge is 2.20. The van der Waals surface area contributed by atoms with Crippen molar-refractivity contribution >= 4 is 21.4 Å². The van der Waals surface area contributed by atoms with E-state index in [4.69, 9.17) is 0 Å². The number of hydrogen-bond donors (Lipinski definition) is 2. The van der Waals surface area contributed by atoms with Crippen molar-refractivity contribution in [2.75, 3.05) is 12.3 Å². The maximum Gasteiger partial charge on any atom is 0.211 e. The molecule has 0 amide bonds. The van der Waals surface area contributed by atoms with Crippen LogP contribution in [0.4, 0.5) is 0 Å². The van der Waals surface area contributed by atoms with Crippen LogP contribution in [0.2, 0.25) is 0 Å². The van der Waals surface area contributed by atoms with Crippen molar-refractivity contribution in [2.45, 2.75) is 38.8 Å². The number of aryl methyl sites for hydroxylation is 1. The molecule has 0 aromatic carbocycles. The maximum atomic E-state index is 11.7. The Morgan fingerprint density at radius 3 is 2.78 bits per heavy atom. The molecule has 18 heavy (non-hydrogen) atoms. The lowest BCUT2D eigenvalue weighted by atomic mass is 10.4. The Bertz CT molecular complexity index is 478. The highest BCUT2D eigenvalue weighted by Crippen LogP contribution is 2.18. The fraction of sp³-hybridized carbons (Fsp3) is 0.667. The maximum absolute atomic E-state index is 11.7. The van der Waals surface area contributed by atoms with Crippen molar-refractivity contribution in [3.63, 3.8) is 0 Å². The minimum atomic E-state index is -3.13.